The van der Waals surface area contributed by atoms with Crippen molar-refractivity contribution in [3.05, 3.63) is 51.8 Å². The highest BCUT2D eigenvalue weighted by atomic mass is 35.5. The molecule has 0 bridgehead atoms. The number of alkyl halides is 2. The topological polar surface area (TPSA) is 43.2 Å². The summed E-state index contributed by atoms with van der Waals surface area (Å²) < 4.78 is 37.2. The first-order chi connectivity index (χ1) is 15.8. The number of piperidine rings is 1. The maximum Gasteiger partial charge on any atom is 0.278 e. The monoisotopic (exact) mass is 492 g/mol. The van der Waals surface area contributed by atoms with E-state index in [9.17, 15) is 8.78 Å². The average Bonchev–Trinajstić information content (AvgIpc) is 3.47. The van der Waals surface area contributed by atoms with E-state index >= 15 is 0 Å². The van der Waals surface area contributed by atoms with Gasteiger partial charge in [-0.25, -0.2) is 18.4 Å². The third-order valence-electron chi connectivity index (χ3n) is 7.58. The minimum absolute atomic E-state index is 0.314. The van der Waals surface area contributed by atoms with Crippen LogP contribution in [0.25, 0.3) is 5.82 Å². The molecule has 0 N–H and O–H groups in total. The van der Waals surface area contributed by atoms with Crippen LogP contribution >= 0.6 is 23.4 Å². The fourth-order valence-electron chi connectivity index (χ4n) is 5.49. The van der Waals surface area contributed by atoms with Crippen LogP contribution in [0.3, 0.4) is 0 Å². The van der Waals surface area contributed by atoms with Gasteiger partial charge in [-0.05, 0) is 56.2 Å². The smallest absolute Gasteiger partial charge is 0.278 e. The van der Waals surface area contributed by atoms with Gasteiger partial charge in [0.2, 0.25) is 0 Å². The summed E-state index contributed by atoms with van der Waals surface area (Å²) in [7, 11) is 0. The molecular weight excluding hydrogens is 466 g/mol. The van der Waals surface area contributed by atoms with Crippen LogP contribution in [-0.4, -0.2) is 56.1 Å². The lowest BCUT2D eigenvalue weighted by Gasteiger charge is -2.51. The highest BCUT2D eigenvalue weighted by Crippen LogP contribution is 2.56. The largest absolute Gasteiger partial charge is 0.367 e. The van der Waals surface area contributed by atoms with Gasteiger partial charge in [0.1, 0.15) is 6.61 Å². The fraction of sp³-hybridized carbons (Fsp3) is 0.583. The van der Waals surface area contributed by atoms with Gasteiger partial charge in [0, 0.05) is 37.6 Å². The fourth-order valence-corrected chi connectivity index (χ4v) is 7.33. The quantitative estimate of drug-likeness (QED) is 0.582. The Hall–Kier alpha value is -1.48. The number of nitrogens with zero attached hydrogens (tertiary/aromatic N) is 4. The molecule has 1 aliphatic carbocycles. The van der Waals surface area contributed by atoms with Crippen molar-refractivity contribution in [1.82, 2.24) is 19.7 Å². The number of aryl methyl sites for hydroxylation is 1. The van der Waals surface area contributed by atoms with Crippen LogP contribution in [0, 0.1) is 12.8 Å². The number of pyridine rings is 1. The summed E-state index contributed by atoms with van der Waals surface area (Å²) in [5.41, 5.74) is 2.91. The first-order valence-corrected chi connectivity index (χ1v) is 12.9. The van der Waals surface area contributed by atoms with Crippen LogP contribution in [-0.2, 0) is 11.3 Å². The predicted octanol–water partition coefficient (Wildman–Crippen LogP) is 5.27. The van der Waals surface area contributed by atoms with Crippen LogP contribution in [0.4, 0.5) is 8.78 Å². The molecule has 2 atom stereocenters. The number of rotatable bonds is 4. The van der Waals surface area contributed by atoms with E-state index in [0.717, 1.165) is 44.0 Å². The van der Waals surface area contributed by atoms with Crippen LogP contribution in [0.2, 0.25) is 0 Å². The summed E-state index contributed by atoms with van der Waals surface area (Å²) in [6.45, 7) is 3.90. The molecule has 3 fully saturated rings. The van der Waals surface area contributed by atoms with Crippen molar-refractivity contribution in [3.63, 3.8) is 0 Å². The van der Waals surface area contributed by atoms with E-state index < -0.39 is 24.0 Å². The molecule has 1 saturated carbocycles. The Kier molecular flexibility index (Phi) is 5.36. The summed E-state index contributed by atoms with van der Waals surface area (Å²) in [5.74, 6) is -2.16. The molecule has 6 rings (SSSR count). The molecule has 2 aromatic rings. The zero-order chi connectivity index (χ0) is 22.8. The SMILES string of the molecule is Cc1nn(-c2ncccc2C2CC2)cc1CN1CCC2(CC1)OCC(F)(F)C1C=C(Cl)SC12. The molecule has 5 nitrogen and oxygen atoms in total. The van der Waals surface area contributed by atoms with Crippen molar-refractivity contribution in [2.75, 3.05) is 19.7 Å². The number of fused-ring (bicyclic) bond motifs is 2. The lowest BCUT2D eigenvalue weighted by Crippen LogP contribution is -2.61. The predicted molar refractivity (Wildman–Crippen MR) is 125 cm³/mol. The molecule has 9 heteroatoms. The van der Waals surface area contributed by atoms with E-state index in [-0.39, 0.29) is 5.25 Å². The van der Waals surface area contributed by atoms with Gasteiger partial charge in [-0.15, -0.1) is 11.8 Å². The third kappa shape index (κ3) is 3.93. The van der Waals surface area contributed by atoms with Crippen molar-refractivity contribution < 1.29 is 13.5 Å². The standard InChI is InChI=1S/C24H27ClF2N4OS/c1-15-17(13-31(29-15)22-18(16-4-5-16)3-2-8-28-22)12-30-9-6-23(7-10-30)21-19(11-20(25)33-21)24(26,27)14-32-23/h2-3,8,11,13,16,19,21H,4-7,9-10,12,14H2,1H3. The van der Waals surface area contributed by atoms with Gasteiger partial charge in [0.05, 0.1) is 26.8 Å². The molecule has 4 aliphatic rings. The summed E-state index contributed by atoms with van der Waals surface area (Å²) in [5, 5.41) is 4.45. The molecule has 33 heavy (non-hydrogen) atoms. The highest BCUT2D eigenvalue weighted by molar-refractivity contribution is 8.05. The first-order valence-electron chi connectivity index (χ1n) is 11.6. The van der Waals surface area contributed by atoms with Gasteiger partial charge in [-0.3, -0.25) is 4.90 Å². The van der Waals surface area contributed by atoms with Crippen molar-refractivity contribution in [3.8, 4) is 5.82 Å². The maximum atomic E-state index is 14.4. The van der Waals surface area contributed by atoms with Gasteiger partial charge in [0.15, 0.2) is 5.82 Å². The second-order valence-corrected chi connectivity index (χ2v) is 11.6. The summed E-state index contributed by atoms with van der Waals surface area (Å²) >= 11 is 7.52. The minimum Gasteiger partial charge on any atom is -0.367 e. The second-order valence-electron chi connectivity index (χ2n) is 9.80. The molecule has 0 radical (unpaired) electrons. The molecule has 0 amide bonds. The Morgan fingerprint density at radius 2 is 2.06 bits per heavy atom. The van der Waals surface area contributed by atoms with Crippen LogP contribution in [0.1, 0.15) is 48.4 Å². The molecule has 0 aromatic carbocycles. The summed E-state index contributed by atoms with van der Waals surface area (Å²) in [6.07, 6.45) is 9.36. The Morgan fingerprint density at radius 1 is 1.27 bits per heavy atom. The number of likely N-dealkylation sites (tertiary alicyclic amines) is 1. The van der Waals surface area contributed by atoms with Crippen LogP contribution in [0.5, 0.6) is 0 Å². The van der Waals surface area contributed by atoms with Gasteiger partial charge in [-0.1, -0.05) is 17.7 Å². The second kappa shape index (κ2) is 8.04. The summed E-state index contributed by atoms with van der Waals surface area (Å²) in [6, 6.07) is 4.15. The lowest BCUT2D eigenvalue weighted by atomic mass is 9.77. The van der Waals surface area contributed by atoms with Crippen molar-refractivity contribution >= 4 is 23.4 Å². The van der Waals surface area contributed by atoms with Gasteiger partial charge < -0.3 is 4.74 Å². The molecule has 2 saturated heterocycles. The molecule has 5 heterocycles. The molecule has 176 valence electrons. The Bertz CT molecular complexity index is 1090. The van der Waals surface area contributed by atoms with Gasteiger partial charge >= 0.3 is 0 Å². The minimum atomic E-state index is -2.85. The van der Waals surface area contributed by atoms with Crippen LogP contribution < -0.4 is 0 Å². The van der Waals surface area contributed by atoms with E-state index in [1.54, 1.807) is 6.08 Å². The average molecular weight is 493 g/mol. The Labute approximate surface area is 201 Å². The van der Waals surface area contributed by atoms with E-state index in [0.29, 0.717) is 10.3 Å². The number of halogens is 3. The maximum absolute atomic E-state index is 14.4. The van der Waals surface area contributed by atoms with Gasteiger partial charge in [0.25, 0.3) is 5.92 Å². The van der Waals surface area contributed by atoms with Crippen molar-refractivity contribution in [1.29, 1.82) is 0 Å². The molecule has 1 spiro atoms. The third-order valence-corrected chi connectivity index (χ3v) is 9.31. The zero-order valence-electron chi connectivity index (χ0n) is 18.5. The molecule has 3 aliphatic heterocycles. The van der Waals surface area contributed by atoms with Crippen LogP contribution in [0.15, 0.2) is 35.0 Å². The number of allylic oxidation sites excluding steroid dienone is 1. The lowest BCUT2D eigenvalue weighted by molar-refractivity contribution is -0.215. The summed E-state index contributed by atoms with van der Waals surface area (Å²) in [4.78, 5) is 6.98. The Morgan fingerprint density at radius 3 is 2.82 bits per heavy atom. The first kappa shape index (κ1) is 22.0. The number of hydrogen-bond donors (Lipinski definition) is 0. The van der Waals surface area contributed by atoms with E-state index in [1.807, 2.05) is 23.9 Å². The normalized spacial score (nSPS) is 28.7. The van der Waals surface area contributed by atoms with E-state index in [2.05, 4.69) is 22.1 Å². The Balaban J connectivity index is 1.15. The zero-order valence-corrected chi connectivity index (χ0v) is 20.1. The number of ether oxygens (including phenoxy) is 1. The number of aromatic nitrogens is 3. The van der Waals surface area contributed by atoms with E-state index in [4.69, 9.17) is 21.4 Å². The van der Waals surface area contributed by atoms with Crippen molar-refractivity contribution in [2.24, 2.45) is 5.92 Å². The number of thioether (sulfide) groups is 1. The molecular formula is C24H27ClF2N4OS. The molecule has 2 aromatic heterocycles. The van der Waals surface area contributed by atoms with Gasteiger partial charge in [-0.2, -0.15) is 5.10 Å². The highest BCUT2D eigenvalue weighted by Gasteiger charge is 2.60. The molecule has 2 unspecified atom stereocenters. The number of hydrogen-bond acceptors (Lipinski definition) is 5. The van der Waals surface area contributed by atoms with Crippen molar-refractivity contribution in [2.45, 2.75) is 61.8 Å². The van der Waals surface area contributed by atoms with E-state index in [1.165, 1.54) is 35.7 Å².